The van der Waals surface area contributed by atoms with Gasteiger partial charge in [-0.25, -0.2) is 12.8 Å². The number of rotatable bonds is 3. The van der Waals surface area contributed by atoms with E-state index in [1.807, 2.05) is 36.5 Å². The lowest BCUT2D eigenvalue weighted by Crippen LogP contribution is -2.09. The molecule has 156 valence electrons. The van der Waals surface area contributed by atoms with Crippen LogP contribution >= 0.6 is 0 Å². The summed E-state index contributed by atoms with van der Waals surface area (Å²) >= 11 is 0. The van der Waals surface area contributed by atoms with E-state index in [1.54, 1.807) is 12.1 Å². The molecule has 30 heavy (non-hydrogen) atoms. The molecule has 0 radical (unpaired) electrons. The number of nitrogens with zero attached hydrogens (tertiary/aromatic N) is 1. The second-order valence-corrected chi connectivity index (χ2v) is 9.59. The number of aryl methyl sites for hydroxylation is 1. The van der Waals surface area contributed by atoms with Gasteiger partial charge in [-0.15, -0.1) is 0 Å². The van der Waals surface area contributed by atoms with Gasteiger partial charge >= 0.3 is 0 Å². The van der Waals surface area contributed by atoms with E-state index in [4.69, 9.17) is 0 Å². The van der Waals surface area contributed by atoms with Crippen LogP contribution in [0.1, 0.15) is 42.5 Å². The number of aromatic nitrogens is 1. The van der Waals surface area contributed by atoms with Gasteiger partial charge in [0.2, 0.25) is 10.0 Å². The predicted molar refractivity (Wildman–Crippen MR) is 120 cm³/mol. The summed E-state index contributed by atoms with van der Waals surface area (Å²) < 4.78 is 40.1. The second-order valence-electron chi connectivity index (χ2n) is 7.84. The number of pyridine rings is 1. The molecule has 4 nitrogen and oxygen atoms in total. The van der Waals surface area contributed by atoms with Crippen molar-refractivity contribution < 1.29 is 12.8 Å². The zero-order chi connectivity index (χ0) is 21.1. The average Bonchev–Trinajstić information content (AvgIpc) is 2.85. The number of fused-ring (bicyclic) bond motifs is 1. The van der Waals surface area contributed by atoms with Crippen LogP contribution in [-0.4, -0.2) is 25.8 Å². The molecule has 1 atom stereocenters. The zero-order valence-corrected chi connectivity index (χ0v) is 17.8. The maximum atomic E-state index is 14.3. The van der Waals surface area contributed by atoms with Gasteiger partial charge in [-0.2, -0.15) is 0 Å². The van der Waals surface area contributed by atoms with E-state index in [9.17, 15) is 12.8 Å². The topological polar surface area (TPSA) is 59.1 Å². The van der Waals surface area contributed by atoms with E-state index in [1.165, 1.54) is 5.57 Å². The Bertz CT molecular complexity index is 1150. The number of hydrogen-bond donors (Lipinski definition) is 1. The Morgan fingerprint density at radius 2 is 2.07 bits per heavy atom. The number of benzene rings is 1. The molecule has 2 aliphatic carbocycles. The van der Waals surface area contributed by atoms with Crippen LogP contribution in [0.2, 0.25) is 0 Å². The molecule has 2 aromatic rings. The fraction of sp³-hybridized carbons (Fsp3) is 0.292. The van der Waals surface area contributed by atoms with E-state index in [-0.39, 0.29) is 0 Å². The number of sulfonamides is 1. The summed E-state index contributed by atoms with van der Waals surface area (Å²) in [4.78, 5) is 4.61. The molecule has 4 rings (SSSR count). The molecule has 1 aromatic heterocycles. The molecule has 1 unspecified atom stereocenters. The highest BCUT2D eigenvalue weighted by atomic mass is 32.2. The highest BCUT2D eigenvalue weighted by Gasteiger charge is 2.22. The lowest BCUT2D eigenvalue weighted by Gasteiger charge is -2.22. The third kappa shape index (κ3) is 4.87. The maximum Gasteiger partial charge on any atom is 0.229 e. The summed E-state index contributed by atoms with van der Waals surface area (Å²) in [5.41, 5.74) is 6.87. The van der Waals surface area contributed by atoms with Crippen molar-refractivity contribution >= 4 is 27.4 Å². The SMILES string of the molecule is CS(=O)(=O)Nc1cccc(/C=C2\C3=C(CCCc4ncccc42)CC(F)C=CC3)c1. The highest BCUT2D eigenvalue weighted by Crippen LogP contribution is 2.39. The normalized spacial score (nSPS) is 20.7. The minimum atomic E-state index is -3.36. The first-order valence-electron chi connectivity index (χ1n) is 10.1. The summed E-state index contributed by atoms with van der Waals surface area (Å²) in [6.07, 6.45) is 11.4. The number of nitrogens with one attached hydrogen (secondary N) is 1. The first-order valence-corrected chi connectivity index (χ1v) is 12.0. The molecule has 6 heteroatoms. The molecule has 2 aliphatic rings. The minimum Gasteiger partial charge on any atom is -0.284 e. The van der Waals surface area contributed by atoms with Crippen molar-refractivity contribution in [3.63, 3.8) is 0 Å². The van der Waals surface area contributed by atoms with Gasteiger partial charge in [0.25, 0.3) is 0 Å². The van der Waals surface area contributed by atoms with Gasteiger partial charge in [-0.3, -0.25) is 9.71 Å². The van der Waals surface area contributed by atoms with Gasteiger partial charge in [0.1, 0.15) is 6.17 Å². The van der Waals surface area contributed by atoms with Crippen LogP contribution in [0.3, 0.4) is 0 Å². The minimum absolute atomic E-state index is 0.425. The van der Waals surface area contributed by atoms with Crippen molar-refractivity contribution in [2.24, 2.45) is 0 Å². The largest absolute Gasteiger partial charge is 0.284 e. The molecule has 1 heterocycles. The van der Waals surface area contributed by atoms with Crippen molar-refractivity contribution in [2.75, 3.05) is 11.0 Å². The highest BCUT2D eigenvalue weighted by molar-refractivity contribution is 7.92. The first kappa shape index (κ1) is 20.5. The predicted octanol–water partition coefficient (Wildman–Crippen LogP) is 5.31. The second kappa shape index (κ2) is 8.56. The average molecular weight is 425 g/mol. The van der Waals surface area contributed by atoms with Crippen LogP contribution in [0.4, 0.5) is 10.1 Å². The molecule has 1 N–H and O–H groups in total. The molecule has 0 spiro atoms. The molecular formula is C24H25FN2O2S. The van der Waals surface area contributed by atoms with Crippen LogP contribution in [0.15, 0.2) is 65.9 Å². The number of hydrogen-bond acceptors (Lipinski definition) is 3. The molecule has 0 bridgehead atoms. The number of halogens is 1. The molecular weight excluding hydrogens is 399 g/mol. The van der Waals surface area contributed by atoms with Crippen LogP contribution in [0.25, 0.3) is 11.6 Å². The third-order valence-corrected chi connectivity index (χ3v) is 6.04. The Morgan fingerprint density at radius 1 is 1.20 bits per heavy atom. The Hall–Kier alpha value is -2.73. The van der Waals surface area contributed by atoms with Gasteiger partial charge in [0.15, 0.2) is 0 Å². The lowest BCUT2D eigenvalue weighted by atomic mass is 9.84. The molecule has 1 aromatic carbocycles. The number of anilines is 1. The quantitative estimate of drug-likeness (QED) is 0.679. The smallest absolute Gasteiger partial charge is 0.229 e. The fourth-order valence-corrected chi connectivity index (χ4v) is 4.76. The van der Waals surface area contributed by atoms with Gasteiger partial charge in [0.05, 0.1) is 6.26 Å². The van der Waals surface area contributed by atoms with Gasteiger partial charge < -0.3 is 0 Å². The molecule has 0 amide bonds. The Kier molecular flexibility index (Phi) is 5.86. The van der Waals surface area contributed by atoms with Crippen molar-refractivity contribution in [3.05, 3.63) is 82.7 Å². The van der Waals surface area contributed by atoms with Gasteiger partial charge in [-0.05, 0) is 66.7 Å². The monoisotopic (exact) mass is 424 g/mol. The van der Waals surface area contributed by atoms with E-state index in [0.717, 1.165) is 53.5 Å². The fourth-order valence-electron chi connectivity index (χ4n) is 4.21. The summed E-state index contributed by atoms with van der Waals surface area (Å²) in [7, 11) is -3.36. The third-order valence-electron chi connectivity index (χ3n) is 5.43. The molecule has 0 fully saturated rings. The number of alkyl halides is 1. The van der Waals surface area contributed by atoms with Gasteiger partial charge in [-0.1, -0.05) is 35.9 Å². The summed E-state index contributed by atoms with van der Waals surface area (Å²) in [6, 6.07) is 11.3. The summed E-state index contributed by atoms with van der Waals surface area (Å²) in [5.74, 6) is 0. The molecule has 0 aliphatic heterocycles. The van der Waals surface area contributed by atoms with Gasteiger partial charge in [0, 0.05) is 29.6 Å². The summed E-state index contributed by atoms with van der Waals surface area (Å²) in [5, 5.41) is 0. The maximum absolute atomic E-state index is 14.3. The first-order chi connectivity index (χ1) is 14.4. The van der Waals surface area contributed by atoms with E-state index >= 15 is 0 Å². The van der Waals surface area contributed by atoms with Crippen molar-refractivity contribution in [1.29, 1.82) is 0 Å². The Morgan fingerprint density at radius 3 is 2.90 bits per heavy atom. The molecule has 0 saturated carbocycles. The molecule has 0 saturated heterocycles. The van der Waals surface area contributed by atoms with E-state index < -0.39 is 16.2 Å². The van der Waals surface area contributed by atoms with Crippen LogP contribution in [0.5, 0.6) is 0 Å². The Balaban J connectivity index is 1.87. The standard InChI is InChI=1S/C24H25FN2O2S/c1-30(28,29)27-20-9-2-6-17(14-20)15-23-21-10-4-8-19(25)16-18(21)7-3-12-24-22(23)11-5-13-26-24/h2,4-6,8-9,11,13-15,19,27H,3,7,10,12,16H2,1H3/b23-15+. The zero-order valence-electron chi connectivity index (χ0n) is 16.9. The van der Waals surface area contributed by atoms with Crippen molar-refractivity contribution in [2.45, 2.75) is 38.3 Å². The van der Waals surface area contributed by atoms with E-state index in [2.05, 4.69) is 21.8 Å². The van der Waals surface area contributed by atoms with Crippen LogP contribution < -0.4 is 4.72 Å². The number of allylic oxidation sites excluding steroid dienone is 5. The summed E-state index contributed by atoms with van der Waals surface area (Å²) in [6.45, 7) is 0. The van der Waals surface area contributed by atoms with Crippen molar-refractivity contribution in [3.8, 4) is 0 Å². The van der Waals surface area contributed by atoms with Crippen molar-refractivity contribution in [1.82, 2.24) is 4.98 Å². The van der Waals surface area contributed by atoms with Crippen LogP contribution in [-0.2, 0) is 16.4 Å². The van der Waals surface area contributed by atoms with E-state index in [0.29, 0.717) is 18.5 Å². The Labute approximate surface area is 177 Å². The lowest BCUT2D eigenvalue weighted by molar-refractivity contribution is 0.394. The van der Waals surface area contributed by atoms with Crippen LogP contribution in [0, 0.1) is 0 Å².